The number of aryl methyl sites for hydroxylation is 1. The second-order valence-corrected chi connectivity index (χ2v) is 7.70. The molecule has 4 rings (SSSR count). The Bertz CT molecular complexity index is 1240. The number of fused-ring (bicyclic) bond motifs is 1. The highest BCUT2D eigenvalue weighted by Gasteiger charge is 2.23. The maximum absolute atomic E-state index is 13.5. The fourth-order valence-electron chi connectivity index (χ4n) is 3.81. The van der Waals surface area contributed by atoms with Crippen molar-refractivity contribution in [3.05, 3.63) is 77.6 Å². The zero-order chi connectivity index (χ0) is 22.1. The van der Waals surface area contributed by atoms with E-state index >= 15 is 0 Å². The number of carbonyl (C=O) groups is 1. The molecule has 31 heavy (non-hydrogen) atoms. The summed E-state index contributed by atoms with van der Waals surface area (Å²) in [5, 5.41) is 3.43. The summed E-state index contributed by atoms with van der Waals surface area (Å²) < 4.78 is 19.6. The van der Waals surface area contributed by atoms with Gasteiger partial charge in [0.2, 0.25) is 0 Å². The monoisotopic (exact) mass is 416 g/mol. The van der Waals surface area contributed by atoms with Gasteiger partial charge in [-0.15, -0.1) is 0 Å². The molecule has 1 aromatic heterocycles. The largest absolute Gasteiger partial charge is 0.455 e. The number of amides is 1. The van der Waals surface area contributed by atoms with E-state index in [0.717, 1.165) is 28.6 Å². The molecule has 0 aliphatic rings. The molecular weight excluding hydrogens is 391 g/mol. The first-order chi connectivity index (χ1) is 14.9. The molecule has 0 spiro atoms. The molecule has 0 saturated heterocycles. The van der Waals surface area contributed by atoms with E-state index in [4.69, 9.17) is 4.42 Å². The van der Waals surface area contributed by atoms with Gasteiger partial charge in [-0.25, -0.2) is 4.39 Å². The van der Waals surface area contributed by atoms with Crippen LogP contribution in [-0.2, 0) is 6.42 Å². The van der Waals surface area contributed by atoms with E-state index in [2.05, 4.69) is 36.5 Å². The highest BCUT2D eigenvalue weighted by atomic mass is 19.1. The summed E-state index contributed by atoms with van der Waals surface area (Å²) in [5.41, 5.74) is 6.03. The SMILES string of the molecule is CCc1ccc(-c2cc3c(C(=O)NC)c(-c4ccc(F)cc4)oc3cc2N(C)C)cc1. The van der Waals surface area contributed by atoms with Crippen molar-refractivity contribution in [2.75, 3.05) is 26.0 Å². The Balaban J connectivity index is 2.00. The van der Waals surface area contributed by atoms with E-state index in [0.29, 0.717) is 22.5 Å². The number of rotatable bonds is 5. The van der Waals surface area contributed by atoms with Crippen LogP contribution in [0, 0.1) is 5.82 Å². The number of benzene rings is 3. The number of halogens is 1. The van der Waals surface area contributed by atoms with Crippen molar-refractivity contribution in [2.24, 2.45) is 0 Å². The minimum absolute atomic E-state index is 0.247. The third-order valence-corrected chi connectivity index (χ3v) is 5.52. The second-order valence-electron chi connectivity index (χ2n) is 7.70. The van der Waals surface area contributed by atoms with Crippen LogP contribution < -0.4 is 10.2 Å². The maximum atomic E-state index is 13.5. The minimum atomic E-state index is -0.339. The highest BCUT2D eigenvalue weighted by molar-refractivity contribution is 6.12. The van der Waals surface area contributed by atoms with Gasteiger partial charge in [-0.2, -0.15) is 0 Å². The van der Waals surface area contributed by atoms with Gasteiger partial charge in [-0.05, 0) is 47.9 Å². The van der Waals surface area contributed by atoms with Crippen LogP contribution in [0.15, 0.2) is 65.1 Å². The molecule has 0 fully saturated rings. The second kappa shape index (κ2) is 8.26. The van der Waals surface area contributed by atoms with Gasteiger partial charge in [-0.3, -0.25) is 4.79 Å². The van der Waals surface area contributed by atoms with Crippen LogP contribution >= 0.6 is 0 Å². The van der Waals surface area contributed by atoms with E-state index in [1.807, 2.05) is 31.1 Å². The Morgan fingerprint density at radius 2 is 1.65 bits per heavy atom. The summed E-state index contributed by atoms with van der Waals surface area (Å²) in [6.07, 6.45) is 0.976. The summed E-state index contributed by atoms with van der Waals surface area (Å²) in [7, 11) is 5.55. The number of nitrogens with one attached hydrogen (secondary N) is 1. The van der Waals surface area contributed by atoms with E-state index in [1.54, 1.807) is 19.2 Å². The van der Waals surface area contributed by atoms with E-state index in [-0.39, 0.29) is 11.7 Å². The number of furan rings is 1. The first-order valence-electron chi connectivity index (χ1n) is 10.3. The molecule has 5 heteroatoms. The zero-order valence-electron chi connectivity index (χ0n) is 18.1. The van der Waals surface area contributed by atoms with Crippen molar-refractivity contribution < 1.29 is 13.6 Å². The van der Waals surface area contributed by atoms with Gasteiger partial charge >= 0.3 is 0 Å². The number of anilines is 1. The normalized spacial score (nSPS) is 11.0. The molecular formula is C26H25FN2O2. The van der Waals surface area contributed by atoms with Gasteiger partial charge in [0.25, 0.3) is 5.91 Å². The lowest BCUT2D eigenvalue weighted by molar-refractivity contribution is 0.0964. The maximum Gasteiger partial charge on any atom is 0.255 e. The van der Waals surface area contributed by atoms with Crippen LogP contribution in [0.2, 0.25) is 0 Å². The number of hydrogen-bond donors (Lipinski definition) is 1. The average Bonchev–Trinajstić information content (AvgIpc) is 3.16. The first kappa shape index (κ1) is 20.7. The van der Waals surface area contributed by atoms with Gasteiger partial charge in [-0.1, -0.05) is 31.2 Å². The first-order valence-corrected chi connectivity index (χ1v) is 10.3. The summed E-state index contributed by atoms with van der Waals surface area (Å²) in [5.74, 6) is -0.158. The lowest BCUT2D eigenvalue weighted by Crippen LogP contribution is -2.18. The molecule has 0 unspecified atom stereocenters. The van der Waals surface area contributed by atoms with Crippen molar-refractivity contribution in [3.63, 3.8) is 0 Å². The fourth-order valence-corrected chi connectivity index (χ4v) is 3.81. The van der Waals surface area contributed by atoms with Crippen molar-refractivity contribution >= 4 is 22.6 Å². The topological polar surface area (TPSA) is 45.5 Å². The summed E-state index contributed by atoms with van der Waals surface area (Å²) in [6.45, 7) is 2.13. The summed E-state index contributed by atoms with van der Waals surface area (Å²) in [4.78, 5) is 14.9. The molecule has 4 nitrogen and oxygen atoms in total. The molecule has 4 aromatic rings. The quantitative estimate of drug-likeness (QED) is 0.441. The van der Waals surface area contributed by atoms with Crippen LogP contribution in [0.25, 0.3) is 33.4 Å². The molecule has 3 aromatic carbocycles. The van der Waals surface area contributed by atoms with Gasteiger partial charge in [0.15, 0.2) is 0 Å². The Labute approximate surface area is 181 Å². The molecule has 1 amide bonds. The fraction of sp³-hybridized carbons (Fsp3) is 0.192. The van der Waals surface area contributed by atoms with Gasteiger partial charge < -0.3 is 14.6 Å². The van der Waals surface area contributed by atoms with E-state index in [9.17, 15) is 9.18 Å². The van der Waals surface area contributed by atoms with Crippen molar-refractivity contribution in [1.82, 2.24) is 5.32 Å². The molecule has 0 aliphatic heterocycles. The van der Waals surface area contributed by atoms with Gasteiger partial charge in [0.05, 0.1) is 5.56 Å². The molecule has 0 saturated carbocycles. The lowest BCUT2D eigenvalue weighted by atomic mass is 9.97. The Kier molecular flexibility index (Phi) is 5.51. The molecule has 0 aliphatic carbocycles. The number of carbonyl (C=O) groups excluding carboxylic acids is 1. The van der Waals surface area contributed by atoms with Crippen LogP contribution in [0.1, 0.15) is 22.8 Å². The highest BCUT2D eigenvalue weighted by Crippen LogP contribution is 2.40. The molecule has 1 N–H and O–H groups in total. The predicted molar refractivity (Wildman–Crippen MR) is 124 cm³/mol. The van der Waals surface area contributed by atoms with Gasteiger partial charge in [0.1, 0.15) is 17.2 Å². The minimum Gasteiger partial charge on any atom is -0.455 e. The van der Waals surface area contributed by atoms with Gasteiger partial charge in [0, 0.05) is 49.4 Å². The van der Waals surface area contributed by atoms with Crippen LogP contribution in [-0.4, -0.2) is 27.1 Å². The average molecular weight is 416 g/mol. The molecule has 158 valence electrons. The summed E-state index contributed by atoms with van der Waals surface area (Å²) >= 11 is 0. The Morgan fingerprint density at radius 1 is 1.00 bits per heavy atom. The van der Waals surface area contributed by atoms with Crippen molar-refractivity contribution in [3.8, 4) is 22.5 Å². The van der Waals surface area contributed by atoms with Crippen LogP contribution in [0.5, 0.6) is 0 Å². The van der Waals surface area contributed by atoms with Crippen molar-refractivity contribution in [2.45, 2.75) is 13.3 Å². The third kappa shape index (κ3) is 3.79. The lowest BCUT2D eigenvalue weighted by Gasteiger charge is -2.18. The van der Waals surface area contributed by atoms with Crippen LogP contribution in [0.4, 0.5) is 10.1 Å². The molecule has 0 bridgehead atoms. The predicted octanol–water partition coefficient (Wildman–Crippen LogP) is 5.89. The van der Waals surface area contributed by atoms with E-state index in [1.165, 1.54) is 17.7 Å². The number of hydrogen-bond acceptors (Lipinski definition) is 3. The summed E-state index contributed by atoms with van der Waals surface area (Å²) in [6, 6.07) is 18.4. The third-order valence-electron chi connectivity index (χ3n) is 5.52. The zero-order valence-corrected chi connectivity index (χ0v) is 18.1. The molecule has 1 heterocycles. The molecule has 0 radical (unpaired) electrons. The van der Waals surface area contributed by atoms with E-state index < -0.39 is 0 Å². The number of nitrogens with zero attached hydrogens (tertiary/aromatic N) is 1. The standard InChI is InChI=1S/C26H25FN2O2/c1-5-16-6-8-17(9-7-16)20-14-21-23(15-22(20)29(3)4)31-25(24(21)26(30)28-2)18-10-12-19(27)13-11-18/h6-15H,5H2,1-4H3,(H,28,30). The van der Waals surface area contributed by atoms with Crippen LogP contribution in [0.3, 0.4) is 0 Å². The smallest absolute Gasteiger partial charge is 0.255 e. The Hall–Kier alpha value is -3.60. The Morgan fingerprint density at radius 3 is 2.23 bits per heavy atom. The molecule has 0 atom stereocenters. The van der Waals surface area contributed by atoms with Crippen molar-refractivity contribution in [1.29, 1.82) is 0 Å².